The number of thioether (sulfide) groups is 1. The number of nitrogens with one attached hydrogen (secondary N) is 1. The fourth-order valence-electron chi connectivity index (χ4n) is 0.685. The van der Waals surface area contributed by atoms with Crippen LogP contribution in [0.15, 0.2) is 29.1 Å². The van der Waals surface area contributed by atoms with Crippen LogP contribution in [-0.2, 0) is 0 Å². The number of hydrazone groups is 1. The van der Waals surface area contributed by atoms with E-state index in [1.807, 2.05) is 22.7 Å². The molecule has 4 heteroatoms. The number of rotatable bonds is 0. The molecule has 2 heterocycles. The van der Waals surface area contributed by atoms with Crippen molar-refractivity contribution in [1.29, 1.82) is 0 Å². The minimum absolute atomic E-state index is 0.984. The molecule has 1 N–H and O–H groups in total. The van der Waals surface area contributed by atoms with E-state index in [2.05, 4.69) is 10.5 Å². The lowest BCUT2D eigenvalue weighted by atomic mass is 10.7. The van der Waals surface area contributed by atoms with Crippen LogP contribution in [-0.4, -0.2) is 10.1 Å². The third kappa shape index (κ3) is 0.712. The van der Waals surface area contributed by atoms with Gasteiger partial charge in [-0.3, -0.25) is 10.3 Å². The Bertz CT molecular complexity index is 206. The summed E-state index contributed by atoms with van der Waals surface area (Å²) in [5, 5.41) is 6.98. The highest BCUT2D eigenvalue weighted by Gasteiger charge is 2.12. The van der Waals surface area contributed by atoms with Crippen LogP contribution in [0.4, 0.5) is 0 Å². The molecular formula is C5H5N3S. The Balaban J connectivity index is 2.29. The van der Waals surface area contributed by atoms with Gasteiger partial charge in [-0.25, -0.2) is 0 Å². The van der Waals surface area contributed by atoms with E-state index in [0.717, 1.165) is 5.17 Å². The van der Waals surface area contributed by atoms with Gasteiger partial charge in [0.15, 0.2) is 5.17 Å². The normalized spacial score (nSPS) is 21.3. The number of hydrogen-bond acceptors (Lipinski definition) is 4. The maximum absolute atomic E-state index is 4.00. The summed E-state index contributed by atoms with van der Waals surface area (Å²) < 4.78 is 0. The summed E-state index contributed by atoms with van der Waals surface area (Å²) in [5.41, 5.74) is 2.76. The topological polar surface area (TPSA) is 27.6 Å². The molecule has 0 atom stereocenters. The highest BCUT2D eigenvalue weighted by atomic mass is 32.2. The molecule has 0 aliphatic carbocycles. The van der Waals surface area contributed by atoms with Crippen LogP contribution in [0.3, 0.4) is 0 Å². The van der Waals surface area contributed by atoms with Gasteiger partial charge in [-0.1, -0.05) is 11.8 Å². The lowest BCUT2D eigenvalue weighted by Crippen LogP contribution is -2.19. The predicted octanol–water partition coefficient (Wildman–Crippen LogP) is 0.852. The molecule has 2 aliphatic rings. The van der Waals surface area contributed by atoms with Gasteiger partial charge in [-0.2, -0.15) is 0 Å². The van der Waals surface area contributed by atoms with Crippen molar-refractivity contribution in [2.24, 2.45) is 5.10 Å². The number of amidine groups is 1. The van der Waals surface area contributed by atoms with Gasteiger partial charge in [0.2, 0.25) is 0 Å². The molecule has 0 aromatic heterocycles. The highest BCUT2D eigenvalue weighted by molar-refractivity contribution is 8.16. The molecule has 9 heavy (non-hydrogen) atoms. The fraction of sp³-hybridized carbons (Fsp3) is 0. The van der Waals surface area contributed by atoms with Crippen molar-refractivity contribution in [3.05, 3.63) is 24.0 Å². The molecule has 0 aromatic rings. The molecule has 2 rings (SSSR count). The lowest BCUT2D eigenvalue weighted by molar-refractivity contribution is 0.724. The molecule has 46 valence electrons. The van der Waals surface area contributed by atoms with Crippen molar-refractivity contribution in [2.75, 3.05) is 0 Å². The zero-order chi connectivity index (χ0) is 6.10. The molecular weight excluding hydrogens is 134 g/mol. The average molecular weight is 139 g/mol. The van der Waals surface area contributed by atoms with Crippen LogP contribution in [0.1, 0.15) is 0 Å². The van der Waals surface area contributed by atoms with Crippen LogP contribution in [0.2, 0.25) is 0 Å². The Morgan fingerprint density at radius 3 is 3.44 bits per heavy atom. The summed E-state index contributed by atoms with van der Waals surface area (Å²) in [6.45, 7) is 0. The second kappa shape index (κ2) is 1.80. The van der Waals surface area contributed by atoms with E-state index >= 15 is 0 Å². The Morgan fingerprint density at radius 2 is 2.56 bits per heavy atom. The van der Waals surface area contributed by atoms with Gasteiger partial charge >= 0.3 is 0 Å². The molecule has 0 aromatic carbocycles. The summed E-state index contributed by atoms with van der Waals surface area (Å²) >= 11 is 1.61. The van der Waals surface area contributed by atoms with Crippen LogP contribution < -0.4 is 5.43 Å². The van der Waals surface area contributed by atoms with Gasteiger partial charge in [0.05, 0.1) is 0 Å². The van der Waals surface area contributed by atoms with E-state index in [0.29, 0.717) is 0 Å². The van der Waals surface area contributed by atoms with Gasteiger partial charge in [-0.05, 0) is 5.41 Å². The SMILES string of the molecule is C1=CN2C=CSC2=NN1. The van der Waals surface area contributed by atoms with E-state index in [4.69, 9.17) is 0 Å². The molecule has 3 nitrogen and oxygen atoms in total. The van der Waals surface area contributed by atoms with Crippen molar-refractivity contribution in [3.8, 4) is 0 Å². The van der Waals surface area contributed by atoms with Gasteiger partial charge in [0.25, 0.3) is 0 Å². The minimum Gasteiger partial charge on any atom is -0.300 e. The first kappa shape index (κ1) is 4.93. The van der Waals surface area contributed by atoms with E-state index < -0.39 is 0 Å². The van der Waals surface area contributed by atoms with Crippen LogP contribution in [0, 0.1) is 0 Å². The Hall–Kier alpha value is -0.900. The van der Waals surface area contributed by atoms with E-state index in [1.165, 1.54) is 0 Å². The second-order valence-corrected chi connectivity index (χ2v) is 2.52. The molecule has 2 aliphatic heterocycles. The smallest absolute Gasteiger partial charge is 0.195 e. The third-order valence-corrected chi connectivity index (χ3v) is 1.86. The van der Waals surface area contributed by atoms with E-state index in [1.54, 1.807) is 18.0 Å². The first-order valence-electron chi connectivity index (χ1n) is 2.58. The molecule has 0 saturated heterocycles. The van der Waals surface area contributed by atoms with Crippen LogP contribution >= 0.6 is 11.8 Å². The average Bonchev–Trinajstić information content (AvgIpc) is 2.33. The van der Waals surface area contributed by atoms with Gasteiger partial charge in [-0.15, -0.1) is 5.10 Å². The van der Waals surface area contributed by atoms with Crippen molar-refractivity contribution in [2.45, 2.75) is 0 Å². The molecule has 0 unspecified atom stereocenters. The molecule has 0 bridgehead atoms. The van der Waals surface area contributed by atoms with Crippen LogP contribution in [0.25, 0.3) is 0 Å². The first-order chi connectivity index (χ1) is 4.47. The maximum Gasteiger partial charge on any atom is 0.195 e. The fourth-order valence-corrected chi connectivity index (χ4v) is 1.35. The Labute approximate surface area is 57.1 Å². The molecule has 0 saturated carbocycles. The second-order valence-electron chi connectivity index (χ2n) is 1.65. The lowest BCUT2D eigenvalue weighted by Gasteiger charge is -2.13. The number of hydrogen-bond donors (Lipinski definition) is 1. The standard InChI is InChI=1S/C5H5N3S/c1-2-8-3-4-9-5(8)7-6-1/h1-4,6H. The third-order valence-electron chi connectivity index (χ3n) is 1.09. The minimum atomic E-state index is 0.984. The number of fused-ring (bicyclic) bond motifs is 1. The van der Waals surface area contributed by atoms with Crippen molar-refractivity contribution in [3.63, 3.8) is 0 Å². The zero-order valence-electron chi connectivity index (χ0n) is 4.61. The van der Waals surface area contributed by atoms with Crippen molar-refractivity contribution >= 4 is 16.9 Å². The first-order valence-corrected chi connectivity index (χ1v) is 3.46. The monoisotopic (exact) mass is 139 g/mol. The maximum atomic E-state index is 4.00. The van der Waals surface area contributed by atoms with Gasteiger partial charge in [0.1, 0.15) is 0 Å². The Kier molecular flexibility index (Phi) is 0.989. The summed E-state index contributed by atoms with van der Waals surface area (Å²) in [7, 11) is 0. The highest BCUT2D eigenvalue weighted by Crippen LogP contribution is 2.20. The quantitative estimate of drug-likeness (QED) is 0.539. The summed E-state index contributed by atoms with van der Waals surface area (Å²) in [6, 6.07) is 0. The molecule has 0 amide bonds. The van der Waals surface area contributed by atoms with Crippen molar-refractivity contribution in [1.82, 2.24) is 10.3 Å². The van der Waals surface area contributed by atoms with E-state index in [-0.39, 0.29) is 0 Å². The molecule has 0 fully saturated rings. The zero-order valence-corrected chi connectivity index (χ0v) is 5.43. The summed E-state index contributed by atoms with van der Waals surface area (Å²) in [5.74, 6) is 0. The molecule has 0 spiro atoms. The number of nitrogens with zero attached hydrogens (tertiary/aromatic N) is 2. The predicted molar refractivity (Wildman–Crippen MR) is 38.3 cm³/mol. The van der Waals surface area contributed by atoms with E-state index in [9.17, 15) is 0 Å². The van der Waals surface area contributed by atoms with Crippen molar-refractivity contribution < 1.29 is 0 Å². The van der Waals surface area contributed by atoms with Gasteiger partial charge in [0, 0.05) is 18.6 Å². The molecule has 0 radical (unpaired) electrons. The van der Waals surface area contributed by atoms with Crippen LogP contribution in [0.5, 0.6) is 0 Å². The Morgan fingerprint density at radius 1 is 1.56 bits per heavy atom. The van der Waals surface area contributed by atoms with Gasteiger partial charge < -0.3 is 0 Å². The largest absolute Gasteiger partial charge is 0.300 e. The summed E-state index contributed by atoms with van der Waals surface area (Å²) in [4.78, 5) is 1.96. The summed E-state index contributed by atoms with van der Waals surface area (Å²) in [6.07, 6.45) is 5.69.